The topological polar surface area (TPSA) is 71.2 Å². The Morgan fingerprint density at radius 1 is 1.33 bits per heavy atom. The number of aryl methyl sites for hydroxylation is 1. The Morgan fingerprint density at radius 2 is 2.12 bits per heavy atom. The van der Waals surface area contributed by atoms with E-state index in [4.69, 9.17) is 5.73 Å². The molecule has 4 rings (SSSR count). The standard InChI is InChI=1S/C19H28N4O/c1-13-4-2-6-17(21-13)22-15-7-10-23(11-8-15)18(24)19(20)9-3-5-14-12-16(14)19/h2,4,6,14-16H,3,5,7-12,20H2,1H3,(H,21,22). The monoisotopic (exact) mass is 328 g/mol. The number of nitrogens with zero attached hydrogens (tertiary/aromatic N) is 2. The van der Waals surface area contributed by atoms with Crippen molar-refractivity contribution >= 4 is 11.7 Å². The Balaban J connectivity index is 1.33. The molecular weight excluding hydrogens is 300 g/mol. The molecule has 3 aliphatic rings. The summed E-state index contributed by atoms with van der Waals surface area (Å²) in [7, 11) is 0. The maximum Gasteiger partial charge on any atom is 0.242 e. The zero-order valence-corrected chi connectivity index (χ0v) is 14.5. The van der Waals surface area contributed by atoms with E-state index < -0.39 is 5.54 Å². The average molecular weight is 328 g/mol. The van der Waals surface area contributed by atoms with E-state index in [0.717, 1.165) is 56.2 Å². The van der Waals surface area contributed by atoms with E-state index in [2.05, 4.69) is 10.3 Å². The number of anilines is 1. The van der Waals surface area contributed by atoms with Gasteiger partial charge in [0.2, 0.25) is 5.91 Å². The van der Waals surface area contributed by atoms with Gasteiger partial charge in [-0.3, -0.25) is 4.79 Å². The van der Waals surface area contributed by atoms with E-state index >= 15 is 0 Å². The molecule has 0 aromatic carbocycles. The summed E-state index contributed by atoms with van der Waals surface area (Å²) >= 11 is 0. The number of hydrogen-bond donors (Lipinski definition) is 2. The maximum atomic E-state index is 13.0. The van der Waals surface area contributed by atoms with E-state index in [-0.39, 0.29) is 5.91 Å². The second-order valence-corrected chi connectivity index (χ2v) is 7.91. The van der Waals surface area contributed by atoms with Gasteiger partial charge in [-0.2, -0.15) is 0 Å². The van der Waals surface area contributed by atoms with Crippen molar-refractivity contribution < 1.29 is 4.79 Å². The molecule has 3 atom stereocenters. The van der Waals surface area contributed by atoms with E-state index in [9.17, 15) is 4.79 Å². The molecule has 1 amide bonds. The molecule has 3 fully saturated rings. The molecule has 2 heterocycles. The van der Waals surface area contributed by atoms with Gasteiger partial charge in [0, 0.05) is 24.8 Å². The number of fused-ring (bicyclic) bond motifs is 1. The van der Waals surface area contributed by atoms with Crippen molar-refractivity contribution in [3.05, 3.63) is 23.9 Å². The predicted octanol–water partition coefficient (Wildman–Crippen LogP) is 2.31. The van der Waals surface area contributed by atoms with E-state index in [1.807, 2.05) is 30.0 Å². The highest BCUT2D eigenvalue weighted by molar-refractivity contribution is 5.87. The highest BCUT2D eigenvalue weighted by Gasteiger charge is 2.57. The first-order valence-electron chi connectivity index (χ1n) is 9.35. The van der Waals surface area contributed by atoms with Crippen molar-refractivity contribution in [1.29, 1.82) is 0 Å². The van der Waals surface area contributed by atoms with Crippen LogP contribution in [0.15, 0.2) is 18.2 Å². The van der Waals surface area contributed by atoms with Crippen molar-refractivity contribution in [3.63, 3.8) is 0 Å². The molecule has 5 heteroatoms. The summed E-state index contributed by atoms with van der Waals surface area (Å²) in [5.41, 5.74) is 7.03. The van der Waals surface area contributed by atoms with Crippen LogP contribution in [-0.2, 0) is 4.79 Å². The van der Waals surface area contributed by atoms with Gasteiger partial charge in [-0.25, -0.2) is 4.98 Å². The van der Waals surface area contributed by atoms with Crippen LogP contribution in [0.1, 0.15) is 44.2 Å². The Morgan fingerprint density at radius 3 is 2.88 bits per heavy atom. The molecule has 3 N–H and O–H groups in total. The minimum Gasteiger partial charge on any atom is -0.367 e. The third-order valence-corrected chi connectivity index (χ3v) is 6.17. The number of amides is 1. The molecule has 1 aliphatic heterocycles. The van der Waals surface area contributed by atoms with E-state index in [1.165, 1.54) is 12.8 Å². The largest absolute Gasteiger partial charge is 0.367 e. The molecule has 2 aliphatic carbocycles. The van der Waals surface area contributed by atoms with Crippen LogP contribution in [0.3, 0.4) is 0 Å². The van der Waals surface area contributed by atoms with Gasteiger partial charge in [0.1, 0.15) is 5.82 Å². The summed E-state index contributed by atoms with van der Waals surface area (Å²) < 4.78 is 0. The summed E-state index contributed by atoms with van der Waals surface area (Å²) in [6, 6.07) is 6.42. The Kier molecular flexibility index (Phi) is 3.99. The molecule has 0 spiro atoms. The number of aromatic nitrogens is 1. The Hall–Kier alpha value is -1.62. The summed E-state index contributed by atoms with van der Waals surface area (Å²) in [6.07, 6.45) is 6.35. The lowest BCUT2D eigenvalue weighted by Gasteiger charge is -2.40. The quantitative estimate of drug-likeness (QED) is 0.893. The second-order valence-electron chi connectivity index (χ2n) is 7.91. The van der Waals surface area contributed by atoms with Crippen LogP contribution >= 0.6 is 0 Å². The SMILES string of the molecule is Cc1cccc(NC2CCN(C(=O)C3(N)CCCC4CC43)CC2)n1. The molecule has 3 unspecified atom stereocenters. The lowest BCUT2D eigenvalue weighted by Crippen LogP contribution is -2.60. The summed E-state index contributed by atoms with van der Waals surface area (Å²) in [5.74, 6) is 2.32. The van der Waals surface area contributed by atoms with Gasteiger partial charge in [0.25, 0.3) is 0 Å². The molecule has 1 aromatic heterocycles. The lowest BCUT2D eigenvalue weighted by molar-refractivity contribution is -0.140. The molecule has 2 saturated carbocycles. The number of hydrogen-bond acceptors (Lipinski definition) is 4. The fourth-order valence-corrected chi connectivity index (χ4v) is 4.66. The highest BCUT2D eigenvalue weighted by Crippen LogP contribution is 2.54. The average Bonchev–Trinajstić information content (AvgIpc) is 3.36. The van der Waals surface area contributed by atoms with Crippen LogP contribution < -0.4 is 11.1 Å². The van der Waals surface area contributed by atoms with Crippen molar-refractivity contribution in [2.75, 3.05) is 18.4 Å². The molecule has 1 aromatic rings. The third kappa shape index (κ3) is 2.90. The first kappa shape index (κ1) is 15.9. The fourth-order valence-electron chi connectivity index (χ4n) is 4.66. The number of nitrogens with one attached hydrogen (secondary N) is 1. The van der Waals surface area contributed by atoms with Crippen molar-refractivity contribution in [1.82, 2.24) is 9.88 Å². The predicted molar refractivity (Wildman–Crippen MR) is 94.6 cm³/mol. The summed E-state index contributed by atoms with van der Waals surface area (Å²) in [6.45, 7) is 3.61. The molecule has 130 valence electrons. The van der Waals surface area contributed by atoms with E-state index in [1.54, 1.807) is 0 Å². The fraction of sp³-hybridized carbons (Fsp3) is 0.684. The second kappa shape index (κ2) is 6.03. The minimum atomic E-state index is -0.568. The van der Waals surface area contributed by atoms with Gasteiger partial charge < -0.3 is 16.0 Å². The maximum absolute atomic E-state index is 13.0. The smallest absolute Gasteiger partial charge is 0.242 e. The van der Waals surface area contributed by atoms with Gasteiger partial charge >= 0.3 is 0 Å². The van der Waals surface area contributed by atoms with Gasteiger partial charge in [0.15, 0.2) is 0 Å². The molecule has 0 bridgehead atoms. The summed E-state index contributed by atoms with van der Waals surface area (Å²) in [5, 5.41) is 3.51. The number of piperidine rings is 1. The van der Waals surface area contributed by atoms with E-state index in [0.29, 0.717) is 12.0 Å². The van der Waals surface area contributed by atoms with Gasteiger partial charge in [0.05, 0.1) is 5.54 Å². The number of likely N-dealkylation sites (tertiary alicyclic amines) is 1. The van der Waals surface area contributed by atoms with Crippen LogP contribution in [0, 0.1) is 18.8 Å². The van der Waals surface area contributed by atoms with Crippen molar-refractivity contribution in [2.45, 2.75) is 57.0 Å². The van der Waals surface area contributed by atoms with Gasteiger partial charge in [-0.1, -0.05) is 18.9 Å². The zero-order valence-electron chi connectivity index (χ0n) is 14.5. The molecule has 0 radical (unpaired) electrons. The lowest BCUT2D eigenvalue weighted by atomic mass is 9.80. The number of pyridine rings is 1. The highest BCUT2D eigenvalue weighted by atomic mass is 16.2. The van der Waals surface area contributed by atoms with Crippen LogP contribution in [0.25, 0.3) is 0 Å². The normalized spacial score (nSPS) is 33.0. The molecule has 5 nitrogen and oxygen atoms in total. The van der Waals surface area contributed by atoms with Crippen LogP contribution in [0.4, 0.5) is 5.82 Å². The molecular formula is C19H28N4O. The minimum absolute atomic E-state index is 0.210. The first-order chi connectivity index (χ1) is 11.6. The number of carbonyl (C=O) groups excluding carboxylic acids is 1. The summed E-state index contributed by atoms with van der Waals surface area (Å²) in [4.78, 5) is 19.5. The molecule has 24 heavy (non-hydrogen) atoms. The Labute approximate surface area is 144 Å². The van der Waals surface area contributed by atoms with Crippen molar-refractivity contribution in [3.8, 4) is 0 Å². The third-order valence-electron chi connectivity index (χ3n) is 6.17. The van der Waals surface area contributed by atoms with Gasteiger partial charge in [-0.05, 0) is 56.6 Å². The zero-order chi connectivity index (χ0) is 16.7. The first-order valence-corrected chi connectivity index (χ1v) is 9.35. The van der Waals surface area contributed by atoms with Gasteiger partial charge in [-0.15, -0.1) is 0 Å². The van der Waals surface area contributed by atoms with Crippen LogP contribution in [0.2, 0.25) is 0 Å². The number of nitrogens with two attached hydrogens (primary N) is 1. The molecule has 1 saturated heterocycles. The van der Waals surface area contributed by atoms with Crippen molar-refractivity contribution in [2.24, 2.45) is 17.6 Å². The number of rotatable bonds is 3. The van der Waals surface area contributed by atoms with Crippen LogP contribution in [-0.4, -0.2) is 40.5 Å². The number of carbonyl (C=O) groups is 1. The Bertz CT molecular complexity index is 626. The van der Waals surface area contributed by atoms with Crippen LogP contribution in [0.5, 0.6) is 0 Å².